The molecule has 92 valence electrons. The molecule has 0 aliphatic rings. The molecule has 0 spiro atoms. The van der Waals surface area contributed by atoms with Crippen LogP contribution in [0.5, 0.6) is 0 Å². The smallest absolute Gasteiger partial charge is 0.397 e. The average molecular weight is 341 g/mol. The number of amides is 1. The molecule has 0 fully saturated rings. The lowest BCUT2D eigenvalue weighted by Crippen LogP contribution is -2.25. The van der Waals surface area contributed by atoms with Crippen LogP contribution in [0.2, 0.25) is 10.0 Å². The lowest BCUT2D eigenvalue weighted by atomic mass is 10.3. The quantitative estimate of drug-likeness (QED) is 0.664. The number of halogens is 3. The minimum Gasteiger partial charge on any atom is -0.459 e. The van der Waals surface area contributed by atoms with E-state index in [0.717, 1.165) is 0 Å². The van der Waals surface area contributed by atoms with Crippen molar-refractivity contribution in [1.29, 1.82) is 0 Å². The van der Waals surface area contributed by atoms with Crippen LogP contribution in [0.25, 0.3) is 0 Å². The normalized spacial score (nSPS) is 9.88. The van der Waals surface area contributed by atoms with Crippen molar-refractivity contribution in [3.05, 3.63) is 26.7 Å². The number of hydrogen-bond acceptors (Lipinski definition) is 3. The highest BCUT2D eigenvalue weighted by Crippen LogP contribution is 2.33. The maximum absolute atomic E-state index is 11.4. The van der Waals surface area contributed by atoms with E-state index in [1.54, 1.807) is 19.1 Å². The number of nitrogens with one attached hydrogen (secondary N) is 1. The molecule has 1 amide bonds. The number of benzene rings is 1. The number of esters is 1. The van der Waals surface area contributed by atoms with Gasteiger partial charge in [-0.25, -0.2) is 4.79 Å². The molecule has 0 unspecified atom stereocenters. The van der Waals surface area contributed by atoms with Crippen LogP contribution in [0.15, 0.2) is 16.6 Å². The van der Waals surface area contributed by atoms with Crippen molar-refractivity contribution in [2.24, 2.45) is 0 Å². The van der Waals surface area contributed by atoms with Crippen LogP contribution in [0.4, 0.5) is 5.69 Å². The molecule has 0 aliphatic carbocycles. The lowest BCUT2D eigenvalue weighted by Gasteiger charge is -2.09. The number of carbonyl (C=O) groups is 2. The van der Waals surface area contributed by atoms with E-state index in [4.69, 9.17) is 23.2 Å². The Kier molecular flexibility index (Phi) is 5.24. The van der Waals surface area contributed by atoms with Gasteiger partial charge < -0.3 is 10.1 Å². The van der Waals surface area contributed by atoms with Gasteiger partial charge in [0.05, 0.1) is 22.3 Å². The second kappa shape index (κ2) is 6.23. The van der Waals surface area contributed by atoms with Crippen molar-refractivity contribution >= 4 is 56.7 Å². The number of ether oxygens (including phenoxy) is 1. The van der Waals surface area contributed by atoms with Crippen LogP contribution in [-0.2, 0) is 14.3 Å². The molecule has 1 N–H and O–H groups in total. The molecule has 0 saturated carbocycles. The molecular weight excluding hydrogens is 333 g/mol. The Balaban J connectivity index is 2.89. The molecule has 0 radical (unpaired) electrons. The van der Waals surface area contributed by atoms with Crippen molar-refractivity contribution in [3.8, 4) is 0 Å². The van der Waals surface area contributed by atoms with E-state index in [0.29, 0.717) is 4.47 Å². The van der Waals surface area contributed by atoms with Gasteiger partial charge in [-0.15, -0.1) is 0 Å². The van der Waals surface area contributed by atoms with Crippen molar-refractivity contribution in [2.75, 3.05) is 11.9 Å². The lowest BCUT2D eigenvalue weighted by molar-refractivity contribution is -0.152. The van der Waals surface area contributed by atoms with Gasteiger partial charge in [0, 0.05) is 4.47 Å². The fourth-order valence-corrected chi connectivity index (χ4v) is 2.33. The third kappa shape index (κ3) is 3.87. The first-order chi connectivity index (χ1) is 7.95. The minimum absolute atomic E-state index is 0.119. The van der Waals surface area contributed by atoms with Gasteiger partial charge in [-0.2, -0.15) is 0 Å². The topological polar surface area (TPSA) is 55.4 Å². The average Bonchev–Trinajstić information content (AvgIpc) is 2.23. The summed E-state index contributed by atoms with van der Waals surface area (Å²) in [5.41, 5.74) is 0.176. The molecule has 4 nitrogen and oxygen atoms in total. The highest BCUT2D eigenvalue weighted by atomic mass is 79.9. The summed E-state index contributed by atoms with van der Waals surface area (Å²) in [6, 6.07) is 3.10. The Labute approximate surface area is 116 Å². The fraction of sp³-hybridized carbons (Fsp3) is 0.200. The number of anilines is 1. The first-order valence-electron chi connectivity index (χ1n) is 4.58. The first kappa shape index (κ1) is 14.3. The van der Waals surface area contributed by atoms with E-state index in [1.807, 2.05) is 0 Å². The largest absolute Gasteiger partial charge is 0.459 e. The van der Waals surface area contributed by atoms with E-state index in [9.17, 15) is 9.59 Å². The maximum Gasteiger partial charge on any atom is 0.397 e. The Morgan fingerprint density at radius 3 is 2.35 bits per heavy atom. The van der Waals surface area contributed by atoms with Crippen LogP contribution in [0, 0.1) is 0 Å². The number of carbonyl (C=O) groups excluding carboxylic acids is 2. The zero-order valence-corrected chi connectivity index (χ0v) is 11.8. The second-order valence-corrected chi connectivity index (χ2v) is 4.65. The Hall–Kier alpha value is -0.780. The predicted molar refractivity (Wildman–Crippen MR) is 69.4 cm³/mol. The molecule has 17 heavy (non-hydrogen) atoms. The van der Waals surface area contributed by atoms with Crippen molar-refractivity contribution < 1.29 is 14.3 Å². The maximum atomic E-state index is 11.4. The Morgan fingerprint density at radius 1 is 1.35 bits per heavy atom. The molecule has 0 bridgehead atoms. The molecule has 1 aromatic carbocycles. The van der Waals surface area contributed by atoms with Crippen LogP contribution in [0.1, 0.15) is 6.92 Å². The highest BCUT2D eigenvalue weighted by Gasteiger charge is 2.18. The second-order valence-electron chi connectivity index (χ2n) is 2.92. The summed E-state index contributed by atoms with van der Waals surface area (Å²) in [6.45, 7) is 1.72. The summed E-state index contributed by atoms with van der Waals surface area (Å²) >= 11 is 15.0. The molecule has 1 aromatic rings. The van der Waals surface area contributed by atoms with Gasteiger partial charge in [0.2, 0.25) is 0 Å². The number of hydrogen-bond donors (Lipinski definition) is 1. The van der Waals surface area contributed by atoms with Crippen LogP contribution in [-0.4, -0.2) is 18.5 Å². The van der Waals surface area contributed by atoms with Crippen LogP contribution in [0.3, 0.4) is 0 Å². The van der Waals surface area contributed by atoms with Crippen molar-refractivity contribution in [1.82, 2.24) is 0 Å². The van der Waals surface area contributed by atoms with E-state index in [1.165, 1.54) is 0 Å². The van der Waals surface area contributed by atoms with Gasteiger partial charge in [0.1, 0.15) is 0 Å². The predicted octanol–water partition coefficient (Wildman–Crippen LogP) is 3.26. The monoisotopic (exact) mass is 339 g/mol. The minimum atomic E-state index is -0.984. The van der Waals surface area contributed by atoms with Gasteiger partial charge >= 0.3 is 11.9 Å². The van der Waals surface area contributed by atoms with Gasteiger partial charge in [-0.1, -0.05) is 39.1 Å². The molecule has 7 heteroatoms. The van der Waals surface area contributed by atoms with Crippen LogP contribution < -0.4 is 5.32 Å². The molecule has 0 atom stereocenters. The molecule has 0 saturated heterocycles. The highest BCUT2D eigenvalue weighted by molar-refractivity contribution is 9.10. The van der Waals surface area contributed by atoms with E-state index in [-0.39, 0.29) is 22.3 Å². The summed E-state index contributed by atoms with van der Waals surface area (Å²) < 4.78 is 5.20. The van der Waals surface area contributed by atoms with Crippen molar-refractivity contribution in [2.45, 2.75) is 6.92 Å². The summed E-state index contributed by atoms with van der Waals surface area (Å²) in [4.78, 5) is 22.5. The van der Waals surface area contributed by atoms with Gasteiger partial charge in [-0.3, -0.25) is 4.79 Å². The molecule has 0 aromatic heterocycles. The molecular formula is C10H8BrCl2NO3. The zero-order chi connectivity index (χ0) is 13.0. The van der Waals surface area contributed by atoms with Crippen molar-refractivity contribution in [3.63, 3.8) is 0 Å². The Bertz CT molecular complexity index is 442. The van der Waals surface area contributed by atoms with E-state index in [2.05, 4.69) is 26.0 Å². The van der Waals surface area contributed by atoms with E-state index >= 15 is 0 Å². The fourth-order valence-electron chi connectivity index (χ4n) is 1.02. The van der Waals surface area contributed by atoms with Gasteiger partial charge in [-0.05, 0) is 19.1 Å². The summed E-state index contributed by atoms with van der Waals surface area (Å²) in [6.07, 6.45) is 0. The summed E-state index contributed by atoms with van der Waals surface area (Å²) in [7, 11) is 0. The van der Waals surface area contributed by atoms with Gasteiger partial charge in [0.15, 0.2) is 0 Å². The zero-order valence-electron chi connectivity index (χ0n) is 8.72. The van der Waals surface area contributed by atoms with E-state index < -0.39 is 11.9 Å². The molecule has 0 aliphatic heterocycles. The third-order valence-corrected chi connectivity index (χ3v) is 2.76. The third-order valence-electron chi connectivity index (χ3n) is 1.71. The van der Waals surface area contributed by atoms with Gasteiger partial charge in [0.25, 0.3) is 0 Å². The summed E-state index contributed by atoms with van der Waals surface area (Å²) in [5.74, 6) is -1.90. The van der Waals surface area contributed by atoms with Crippen LogP contribution >= 0.6 is 39.1 Å². The number of rotatable bonds is 2. The molecule has 1 rings (SSSR count). The SMILES string of the molecule is CCOC(=O)C(=O)Nc1c(Cl)cc(Br)cc1Cl. The standard InChI is InChI=1S/C10H8BrCl2NO3/c1-2-17-10(16)9(15)14-8-6(12)3-5(11)4-7(8)13/h3-4H,2H2,1H3,(H,14,15). The molecule has 0 heterocycles. The summed E-state index contributed by atoms with van der Waals surface area (Å²) in [5, 5.41) is 2.74. The Morgan fingerprint density at radius 2 is 1.88 bits per heavy atom. The first-order valence-corrected chi connectivity index (χ1v) is 6.13.